The fourth-order valence-corrected chi connectivity index (χ4v) is 6.12. The molecule has 3 aromatic heterocycles. The number of fused-ring (bicyclic) bond motifs is 7. The Kier molecular flexibility index (Phi) is 7.05. The summed E-state index contributed by atoms with van der Waals surface area (Å²) >= 11 is 0. The maximum atomic E-state index is 4.88. The van der Waals surface area contributed by atoms with Gasteiger partial charge in [-0.25, -0.2) is 0 Å². The number of hydrogen-bond donors (Lipinski definition) is 3. The molecule has 6 bridgehead atoms. The highest BCUT2D eigenvalue weighted by Gasteiger charge is 2.21. The fraction of sp³-hybridized carbons (Fsp3) is 0.375. The number of para-hydroxylation sites is 2. The lowest BCUT2D eigenvalue weighted by molar-refractivity contribution is 0.943. The second kappa shape index (κ2) is 10.4. The molecular weight excluding hydrogens is 454 g/mol. The van der Waals surface area contributed by atoms with Crippen molar-refractivity contribution in [1.82, 2.24) is 15.0 Å². The van der Waals surface area contributed by atoms with Crippen LogP contribution in [0.15, 0.2) is 34.3 Å². The average molecular weight is 494 g/mol. The molecule has 5 heteroatoms. The van der Waals surface area contributed by atoms with Crippen LogP contribution in [-0.2, 0) is 38.5 Å². The predicted molar refractivity (Wildman–Crippen MR) is 156 cm³/mol. The van der Waals surface area contributed by atoms with Crippen LogP contribution < -0.4 is 0 Å². The molecule has 0 aliphatic carbocycles. The van der Waals surface area contributed by atoms with Crippen molar-refractivity contribution in [3.8, 4) is 0 Å². The molecule has 192 valence electrons. The van der Waals surface area contributed by atoms with E-state index in [-0.39, 0.29) is 0 Å². The standard InChI is InChI=1S/C32H39N5/c1-7-21-19(5)31-17-33-25-13-11-12-14-26(25)34-18-32-20(6)22(8-2)28(37-32)16-30-24(10-4)23(9-3)29(35-30)15-27(21)36-31/h11-14,17-18,35-37H,7-10,15-16H2,1-6H3. The molecule has 0 atom stereocenters. The number of nitrogens with one attached hydrogen (secondary N) is 3. The van der Waals surface area contributed by atoms with Crippen LogP contribution in [0, 0.1) is 13.8 Å². The minimum Gasteiger partial charge on any atom is -0.361 e. The Morgan fingerprint density at radius 3 is 1.32 bits per heavy atom. The van der Waals surface area contributed by atoms with Gasteiger partial charge < -0.3 is 15.0 Å². The molecule has 0 spiro atoms. The summed E-state index contributed by atoms with van der Waals surface area (Å²) in [5.41, 5.74) is 17.4. The van der Waals surface area contributed by atoms with Gasteiger partial charge in [-0.3, -0.25) is 9.98 Å². The Hall–Kier alpha value is -3.60. The Morgan fingerprint density at radius 1 is 0.568 bits per heavy atom. The topological polar surface area (TPSA) is 72.1 Å². The van der Waals surface area contributed by atoms with Crippen molar-refractivity contribution in [1.29, 1.82) is 0 Å². The summed E-state index contributed by atoms with van der Waals surface area (Å²) in [5, 5.41) is 0. The van der Waals surface area contributed by atoms with Gasteiger partial charge in [-0.05, 0) is 85.0 Å². The van der Waals surface area contributed by atoms with E-state index in [2.05, 4.69) is 56.5 Å². The SMILES string of the molecule is CCc1c2[nH]c(c1C)C=Nc1ccccc1N=Cc1[nH]c(c(CC)c1C)Cc1[nH]c(c(CC)c1CC)C2. The average Bonchev–Trinajstić information content (AvgIpc) is 3.50. The zero-order valence-electron chi connectivity index (χ0n) is 23.1. The van der Waals surface area contributed by atoms with Crippen molar-refractivity contribution >= 4 is 23.8 Å². The molecule has 3 N–H and O–H groups in total. The van der Waals surface area contributed by atoms with Crippen LogP contribution in [0.4, 0.5) is 11.4 Å². The Morgan fingerprint density at radius 2 is 0.946 bits per heavy atom. The van der Waals surface area contributed by atoms with Crippen molar-refractivity contribution in [3.63, 3.8) is 0 Å². The molecule has 1 aliphatic heterocycles. The van der Waals surface area contributed by atoms with Gasteiger partial charge in [-0.1, -0.05) is 39.8 Å². The molecule has 0 fully saturated rings. The minimum absolute atomic E-state index is 0.867. The van der Waals surface area contributed by atoms with E-state index in [0.29, 0.717) is 0 Å². The summed E-state index contributed by atoms with van der Waals surface area (Å²) in [7, 11) is 0. The number of aromatic amines is 3. The van der Waals surface area contributed by atoms with Crippen molar-refractivity contribution < 1.29 is 0 Å². The Balaban J connectivity index is 1.74. The molecule has 0 radical (unpaired) electrons. The van der Waals surface area contributed by atoms with Crippen LogP contribution in [-0.4, -0.2) is 27.4 Å². The van der Waals surface area contributed by atoms with E-state index in [1.807, 2.05) is 36.7 Å². The number of rotatable bonds is 4. The van der Waals surface area contributed by atoms with Crippen molar-refractivity contribution in [3.05, 3.63) is 91.8 Å². The quantitative estimate of drug-likeness (QED) is 0.231. The minimum atomic E-state index is 0.867. The molecule has 0 saturated heterocycles. The van der Waals surface area contributed by atoms with Gasteiger partial charge in [0.25, 0.3) is 0 Å². The largest absolute Gasteiger partial charge is 0.361 e. The van der Waals surface area contributed by atoms with Crippen LogP contribution in [0.5, 0.6) is 0 Å². The Bertz CT molecular complexity index is 1380. The molecule has 37 heavy (non-hydrogen) atoms. The molecule has 0 amide bonds. The smallest absolute Gasteiger partial charge is 0.0887 e. The van der Waals surface area contributed by atoms with E-state index in [1.165, 1.54) is 56.2 Å². The third-order valence-electron chi connectivity index (χ3n) is 8.08. The number of benzene rings is 1. The molecule has 4 heterocycles. The second-order valence-corrected chi connectivity index (χ2v) is 10.1. The first-order valence-electron chi connectivity index (χ1n) is 13.8. The van der Waals surface area contributed by atoms with Gasteiger partial charge in [0, 0.05) is 35.6 Å². The van der Waals surface area contributed by atoms with E-state index < -0.39 is 0 Å². The number of nitrogens with zero attached hydrogens (tertiary/aromatic N) is 2. The highest BCUT2D eigenvalue weighted by molar-refractivity contribution is 5.87. The maximum absolute atomic E-state index is 4.88. The van der Waals surface area contributed by atoms with Gasteiger partial charge in [-0.2, -0.15) is 0 Å². The number of H-pyrrole nitrogens is 3. The lowest BCUT2D eigenvalue weighted by Crippen LogP contribution is -1.98. The van der Waals surface area contributed by atoms with E-state index in [0.717, 1.165) is 61.3 Å². The van der Waals surface area contributed by atoms with Crippen molar-refractivity contribution in [2.45, 2.75) is 80.1 Å². The lowest BCUT2D eigenvalue weighted by Gasteiger charge is -2.06. The van der Waals surface area contributed by atoms with Gasteiger partial charge in [0.2, 0.25) is 0 Å². The van der Waals surface area contributed by atoms with Crippen LogP contribution >= 0.6 is 0 Å². The first-order valence-corrected chi connectivity index (χ1v) is 13.8. The Labute approximate surface area is 220 Å². The van der Waals surface area contributed by atoms with Crippen LogP contribution in [0.2, 0.25) is 0 Å². The highest BCUT2D eigenvalue weighted by Crippen LogP contribution is 2.31. The van der Waals surface area contributed by atoms with Gasteiger partial charge in [0.15, 0.2) is 0 Å². The molecule has 1 aliphatic rings. The van der Waals surface area contributed by atoms with Gasteiger partial charge in [0.1, 0.15) is 0 Å². The first-order chi connectivity index (χ1) is 18.0. The number of hydrogen-bond acceptors (Lipinski definition) is 2. The molecule has 5 nitrogen and oxygen atoms in total. The molecule has 5 rings (SSSR count). The maximum Gasteiger partial charge on any atom is 0.0887 e. The summed E-state index contributed by atoms with van der Waals surface area (Å²) in [5.74, 6) is 0. The van der Waals surface area contributed by atoms with Gasteiger partial charge in [0.05, 0.1) is 35.2 Å². The van der Waals surface area contributed by atoms with E-state index in [1.54, 1.807) is 0 Å². The zero-order chi connectivity index (χ0) is 26.1. The summed E-state index contributed by atoms with van der Waals surface area (Å²) < 4.78 is 0. The predicted octanol–water partition coefficient (Wildman–Crippen LogP) is 7.53. The highest BCUT2D eigenvalue weighted by atomic mass is 14.9. The first kappa shape index (κ1) is 25.1. The van der Waals surface area contributed by atoms with E-state index in [9.17, 15) is 0 Å². The summed E-state index contributed by atoms with van der Waals surface area (Å²) in [4.78, 5) is 21.1. The third-order valence-corrected chi connectivity index (χ3v) is 8.08. The third kappa shape index (κ3) is 4.52. The van der Waals surface area contributed by atoms with Crippen LogP contribution in [0.3, 0.4) is 0 Å². The monoisotopic (exact) mass is 493 g/mol. The van der Waals surface area contributed by atoms with E-state index in [4.69, 9.17) is 9.98 Å². The van der Waals surface area contributed by atoms with Crippen molar-refractivity contribution in [2.24, 2.45) is 9.98 Å². The molecular formula is C32H39N5. The zero-order valence-corrected chi connectivity index (χ0v) is 23.1. The van der Waals surface area contributed by atoms with E-state index >= 15 is 0 Å². The number of aromatic nitrogens is 3. The normalized spacial score (nSPS) is 13.1. The van der Waals surface area contributed by atoms with Crippen molar-refractivity contribution in [2.75, 3.05) is 0 Å². The summed E-state index contributed by atoms with van der Waals surface area (Å²) in [6, 6.07) is 8.10. The molecule has 0 unspecified atom stereocenters. The lowest BCUT2D eigenvalue weighted by atomic mass is 9.98. The van der Waals surface area contributed by atoms with Crippen LogP contribution in [0.1, 0.15) is 95.2 Å². The second-order valence-electron chi connectivity index (χ2n) is 10.1. The molecule has 0 saturated carbocycles. The van der Waals surface area contributed by atoms with Gasteiger partial charge >= 0.3 is 0 Å². The molecule has 1 aromatic carbocycles. The fourth-order valence-electron chi connectivity index (χ4n) is 6.12. The number of aliphatic imine (C=N–C) groups is 2. The van der Waals surface area contributed by atoms with Gasteiger partial charge in [-0.15, -0.1) is 0 Å². The summed E-state index contributed by atoms with van der Waals surface area (Å²) in [6.45, 7) is 13.5. The van der Waals surface area contributed by atoms with Crippen LogP contribution in [0.25, 0.3) is 0 Å². The molecule has 4 aromatic rings. The summed E-state index contributed by atoms with van der Waals surface area (Å²) in [6.07, 6.45) is 9.74.